The molecule has 2 aromatic rings. The van der Waals surface area contributed by atoms with Crippen molar-refractivity contribution in [2.45, 2.75) is 38.7 Å². The van der Waals surface area contributed by atoms with Gasteiger partial charge in [-0.2, -0.15) is 5.10 Å². The molecule has 26 heavy (non-hydrogen) atoms. The number of hydrogen-bond donors (Lipinski definition) is 0. The van der Waals surface area contributed by atoms with Gasteiger partial charge in [-0.1, -0.05) is 30.3 Å². The third kappa shape index (κ3) is 4.88. The average Bonchev–Trinajstić information content (AvgIpc) is 2.69. The van der Waals surface area contributed by atoms with Crippen LogP contribution >= 0.6 is 0 Å². The van der Waals surface area contributed by atoms with Crippen LogP contribution in [0.2, 0.25) is 0 Å². The maximum Gasteiger partial charge on any atom is 0.233 e. The molecular weight excluding hydrogens is 330 g/mol. The molecule has 2 heterocycles. The maximum absolute atomic E-state index is 12.3. The second-order valence-electron chi connectivity index (χ2n) is 6.50. The minimum atomic E-state index is 0.00937. The van der Waals surface area contributed by atoms with Gasteiger partial charge < -0.3 is 9.64 Å². The van der Waals surface area contributed by atoms with Crippen molar-refractivity contribution in [2.24, 2.45) is 0 Å². The second-order valence-corrected chi connectivity index (χ2v) is 6.50. The van der Waals surface area contributed by atoms with E-state index < -0.39 is 0 Å². The standard InChI is InChI=1S/C20H23N3O3/c1-15-7-9-19(22-21-15)26-17-11-13-23(14-12-17)20(25)10-8-18(24)16-5-3-2-4-6-16/h2-7,9,17H,8,10-14H2,1H3. The molecule has 0 unspecified atom stereocenters. The van der Waals surface area contributed by atoms with E-state index >= 15 is 0 Å². The number of nitrogens with zero attached hydrogens (tertiary/aromatic N) is 3. The Morgan fingerprint density at radius 3 is 2.42 bits per heavy atom. The Morgan fingerprint density at radius 1 is 1.04 bits per heavy atom. The van der Waals surface area contributed by atoms with Gasteiger partial charge in [0.1, 0.15) is 6.10 Å². The summed E-state index contributed by atoms with van der Waals surface area (Å²) in [7, 11) is 0. The van der Waals surface area contributed by atoms with Gasteiger partial charge in [-0.05, 0) is 13.0 Å². The maximum atomic E-state index is 12.3. The number of likely N-dealkylation sites (tertiary alicyclic amines) is 1. The number of aromatic nitrogens is 2. The molecule has 1 fully saturated rings. The highest BCUT2D eigenvalue weighted by Crippen LogP contribution is 2.18. The van der Waals surface area contributed by atoms with Crippen LogP contribution in [-0.4, -0.2) is 46.0 Å². The number of rotatable bonds is 6. The van der Waals surface area contributed by atoms with Crippen LogP contribution in [0.5, 0.6) is 5.88 Å². The van der Waals surface area contributed by atoms with Gasteiger partial charge in [-0.25, -0.2) is 0 Å². The highest BCUT2D eigenvalue weighted by molar-refractivity contribution is 5.97. The van der Waals surface area contributed by atoms with E-state index in [1.54, 1.807) is 12.1 Å². The molecular formula is C20H23N3O3. The third-order valence-corrected chi connectivity index (χ3v) is 4.52. The van der Waals surface area contributed by atoms with Crippen LogP contribution in [0.3, 0.4) is 0 Å². The fourth-order valence-electron chi connectivity index (χ4n) is 2.99. The number of ether oxygens (including phenoxy) is 1. The number of ketones is 1. The summed E-state index contributed by atoms with van der Waals surface area (Å²) in [6, 6.07) is 12.8. The topological polar surface area (TPSA) is 72.4 Å². The molecule has 136 valence electrons. The summed E-state index contributed by atoms with van der Waals surface area (Å²) in [5.74, 6) is 0.562. The van der Waals surface area contributed by atoms with Crippen molar-refractivity contribution in [1.82, 2.24) is 15.1 Å². The van der Waals surface area contributed by atoms with Crippen molar-refractivity contribution < 1.29 is 14.3 Å². The van der Waals surface area contributed by atoms with Crippen molar-refractivity contribution >= 4 is 11.7 Å². The average molecular weight is 353 g/mol. The minimum absolute atomic E-state index is 0.00937. The summed E-state index contributed by atoms with van der Waals surface area (Å²) in [6.45, 7) is 3.16. The molecule has 1 aliphatic rings. The zero-order valence-electron chi connectivity index (χ0n) is 14.9. The van der Waals surface area contributed by atoms with Gasteiger partial charge in [-0.3, -0.25) is 9.59 Å². The minimum Gasteiger partial charge on any atom is -0.473 e. The van der Waals surface area contributed by atoms with Crippen molar-refractivity contribution in [1.29, 1.82) is 0 Å². The van der Waals surface area contributed by atoms with E-state index in [-0.39, 0.29) is 30.6 Å². The summed E-state index contributed by atoms with van der Waals surface area (Å²) >= 11 is 0. The summed E-state index contributed by atoms with van der Waals surface area (Å²) in [5, 5.41) is 8.00. The molecule has 1 amide bonds. The van der Waals surface area contributed by atoms with Gasteiger partial charge in [0, 0.05) is 50.4 Å². The lowest BCUT2D eigenvalue weighted by Gasteiger charge is -2.31. The first-order valence-corrected chi connectivity index (χ1v) is 8.95. The van der Waals surface area contributed by atoms with Gasteiger partial charge >= 0.3 is 0 Å². The van der Waals surface area contributed by atoms with Gasteiger partial charge in [0.25, 0.3) is 0 Å². The van der Waals surface area contributed by atoms with E-state index in [9.17, 15) is 9.59 Å². The zero-order valence-corrected chi connectivity index (χ0v) is 14.9. The Hall–Kier alpha value is -2.76. The Balaban J connectivity index is 1.42. The fourth-order valence-corrected chi connectivity index (χ4v) is 2.99. The number of Topliss-reactive ketones (excluding diaryl/α,β-unsaturated/α-hetero) is 1. The van der Waals surface area contributed by atoms with Crippen molar-refractivity contribution in [3.63, 3.8) is 0 Å². The van der Waals surface area contributed by atoms with Crippen LogP contribution in [-0.2, 0) is 4.79 Å². The summed E-state index contributed by atoms with van der Waals surface area (Å²) in [6.07, 6.45) is 2.06. The van der Waals surface area contributed by atoms with E-state index in [0.29, 0.717) is 24.5 Å². The molecule has 0 N–H and O–H groups in total. The molecule has 0 bridgehead atoms. The molecule has 0 aliphatic carbocycles. The Labute approximate surface area is 153 Å². The van der Waals surface area contributed by atoms with Crippen LogP contribution in [0.25, 0.3) is 0 Å². The molecule has 0 atom stereocenters. The van der Waals surface area contributed by atoms with E-state index in [1.807, 2.05) is 42.2 Å². The van der Waals surface area contributed by atoms with E-state index in [4.69, 9.17) is 4.74 Å². The normalized spacial score (nSPS) is 14.9. The summed E-state index contributed by atoms with van der Waals surface area (Å²) < 4.78 is 5.83. The van der Waals surface area contributed by atoms with Gasteiger partial charge in [0.05, 0.1) is 5.69 Å². The van der Waals surface area contributed by atoms with E-state index in [2.05, 4.69) is 10.2 Å². The number of hydrogen-bond acceptors (Lipinski definition) is 5. The molecule has 1 aromatic heterocycles. The number of benzene rings is 1. The molecule has 6 nitrogen and oxygen atoms in total. The molecule has 1 aliphatic heterocycles. The smallest absolute Gasteiger partial charge is 0.233 e. The highest BCUT2D eigenvalue weighted by Gasteiger charge is 2.24. The lowest BCUT2D eigenvalue weighted by Crippen LogP contribution is -2.41. The SMILES string of the molecule is Cc1ccc(OC2CCN(C(=O)CCC(=O)c3ccccc3)CC2)nn1. The number of piperidine rings is 1. The lowest BCUT2D eigenvalue weighted by molar-refractivity contribution is -0.132. The number of aryl methyl sites for hydroxylation is 1. The predicted octanol–water partition coefficient (Wildman–Crippen LogP) is 2.82. The number of carbonyl (C=O) groups is 2. The van der Waals surface area contributed by atoms with Crippen LogP contribution in [0.4, 0.5) is 0 Å². The third-order valence-electron chi connectivity index (χ3n) is 4.52. The van der Waals surface area contributed by atoms with Crippen LogP contribution in [0.15, 0.2) is 42.5 Å². The van der Waals surface area contributed by atoms with Crippen LogP contribution in [0.1, 0.15) is 41.7 Å². The largest absolute Gasteiger partial charge is 0.473 e. The molecule has 0 radical (unpaired) electrons. The lowest BCUT2D eigenvalue weighted by atomic mass is 10.0. The van der Waals surface area contributed by atoms with Gasteiger partial charge in [0.15, 0.2) is 5.78 Å². The first kappa shape index (κ1) is 18.0. The first-order valence-electron chi connectivity index (χ1n) is 8.95. The van der Waals surface area contributed by atoms with Crippen molar-refractivity contribution in [3.05, 3.63) is 53.7 Å². The molecule has 3 rings (SSSR count). The molecule has 0 spiro atoms. The Kier molecular flexibility index (Phi) is 5.94. The van der Waals surface area contributed by atoms with E-state index in [0.717, 1.165) is 18.5 Å². The highest BCUT2D eigenvalue weighted by atomic mass is 16.5. The zero-order chi connectivity index (χ0) is 18.4. The molecule has 1 aromatic carbocycles. The van der Waals surface area contributed by atoms with Gasteiger partial charge in [-0.15, -0.1) is 5.10 Å². The molecule has 1 saturated heterocycles. The number of carbonyl (C=O) groups excluding carboxylic acids is 2. The van der Waals surface area contributed by atoms with E-state index in [1.165, 1.54) is 0 Å². The summed E-state index contributed by atoms with van der Waals surface area (Å²) in [4.78, 5) is 26.3. The Morgan fingerprint density at radius 2 is 1.77 bits per heavy atom. The predicted molar refractivity (Wildman–Crippen MR) is 97.0 cm³/mol. The molecule has 0 saturated carbocycles. The van der Waals surface area contributed by atoms with Crippen molar-refractivity contribution in [3.8, 4) is 5.88 Å². The quantitative estimate of drug-likeness (QED) is 0.747. The Bertz CT molecular complexity index is 739. The van der Waals surface area contributed by atoms with Crippen LogP contribution in [0, 0.1) is 6.92 Å². The number of amides is 1. The summed E-state index contributed by atoms with van der Waals surface area (Å²) in [5.41, 5.74) is 1.51. The monoisotopic (exact) mass is 353 g/mol. The fraction of sp³-hybridized carbons (Fsp3) is 0.400. The second kappa shape index (κ2) is 8.56. The molecule has 6 heteroatoms. The first-order chi connectivity index (χ1) is 12.6. The van der Waals surface area contributed by atoms with Crippen LogP contribution < -0.4 is 4.74 Å². The van der Waals surface area contributed by atoms with Crippen molar-refractivity contribution in [2.75, 3.05) is 13.1 Å². The van der Waals surface area contributed by atoms with Gasteiger partial charge in [0.2, 0.25) is 11.8 Å².